The first-order valence-electron chi connectivity index (χ1n) is 7.38. The molecule has 23 heavy (non-hydrogen) atoms. The molecule has 0 aliphatic carbocycles. The van der Waals surface area contributed by atoms with Crippen LogP contribution in [0.3, 0.4) is 0 Å². The van der Waals surface area contributed by atoms with E-state index in [0.717, 1.165) is 5.56 Å². The predicted molar refractivity (Wildman–Crippen MR) is 86.4 cm³/mol. The number of rotatable bonds is 9. The van der Waals surface area contributed by atoms with Crippen LogP contribution in [0.4, 0.5) is 0 Å². The molecule has 2 rings (SSSR count). The molecule has 2 aromatic rings. The zero-order valence-electron chi connectivity index (χ0n) is 13.0. The summed E-state index contributed by atoms with van der Waals surface area (Å²) in [6, 6.07) is 14.9. The first-order valence-corrected chi connectivity index (χ1v) is 7.38. The third kappa shape index (κ3) is 5.54. The minimum absolute atomic E-state index is 0.111. The molecule has 0 unspecified atom stereocenters. The number of methoxy groups -OCH3 is 1. The molecule has 0 heterocycles. The monoisotopic (exact) mass is 316 g/mol. The molecule has 0 aliphatic heterocycles. The van der Waals surface area contributed by atoms with Crippen LogP contribution < -0.4 is 14.2 Å². The third-order valence-electron chi connectivity index (χ3n) is 3.20. The highest BCUT2D eigenvalue weighted by Crippen LogP contribution is 2.25. The maximum atomic E-state index is 10.6. The summed E-state index contributed by atoms with van der Waals surface area (Å²) in [6.07, 6.45) is 0.602. The first kappa shape index (κ1) is 16.7. The van der Waals surface area contributed by atoms with Gasteiger partial charge in [0.25, 0.3) is 0 Å². The van der Waals surface area contributed by atoms with Crippen LogP contribution in [0, 0.1) is 0 Å². The summed E-state index contributed by atoms with van der Waals surface area (Å²) in [7, 11) is 1.60. The van der Waals surface area contributed by atoms with Crippen LogP contribution in [0.2, 0.25) is 0 Å². The first-order chi connectivity index (χ1) is 11.2. The van der Waals surface area contributed by atoms with Crippen molar-refractivity contribution >= 4 is 5.97 Å². The maximum Gasteiger partial charge on any atom is 0.303 e. The molecule has 0 saturated carbocycles. The van der Waals surface area contributed by atoms with Crippen LogP contribution in [0.1, 0.15) is 12.0 Å². The van der Waals surface area contributed by atoms with Gasteiger partial charge in [0.1, 0.15) is 19.0 Å². The van der Waals surface area contributed by atoms with Gasteiger partial charge in [-0.05, 0) is 36.2 Å². The molecule has 0 amide bonds. The fourth-order valence-electron chi connectivity index (χ4n) is 2.09. The summed E-state index contributed by atoms with van der Waals surface area (Å²) in [4.78, 5) is 10.6. The number of para-hydroxylation sites is 2. The summed E-state index contributed by atoms with van der Waals surface area (Å²) in [5, 5.41) is 8.71. The van der Waals surface area contributed by atoms with E-state index in [1.807, 2.05) is 48.5 Å². The number of benzene rings is 2. The minimum Gasteiger partial charge on any atom is -0.493 e. The van der Waals surface area contributed by atoms with Crippen molar-refractivity contribution in [1.82, 2.24) is 0 Å². The van der Waals surface area contributed by atoms with Crippen LogP contribution in [0.5, 0.6) is 17.2 Å². The second-order valence-electron chi connectivity index (χ2n) is 4.89. The Kier molecular flexibility index (Phi) is 6.29. The van der Waals surface area contributed by atoms with Gasteiger partial charge in [-0.3, -0.25) is 4.79 Å². The second kappa shape index (κ2) is 8.68. The van der Waals surface area contributed by atoms with Crippen LogP contribution in [-0.4, -0.2) is 31.4 Å². The average Bonchev–Trinajstić information content (AvgIpc) is 2.57. The number of aliphatic carboxylic acids is 1. The Morgan fingerprint density at radius 2 is 1.74 bits per heavy atom. The number of hydrogen-bond donors (Lipinski definition) is 1. The normalized spacial score (nSPS) is 10.1. The van der Waals surface area contributed by atoms with Crippen LogP contribution in [-0.2, 0) is 11.2 Å². The van der Waals surface area contributed by atoms with Crippen molar-refractivity contribution in [3.63, 3.8) is 0 Å². The molecule has 5 heteroatoms. The Balaban J connectivity index is 1.80. The zero-order valence-corrected chi connectivity index (χ0v) is 13.0. The number of hydrogen-bond acceptors (Lipinski definition) is 4. The molecular weight excluding hydrogens is 296 g/mol. The molecule has 0 aliphatic rings. The minimum atomic E-state index is -0.804. The van der Waals surface area contributed by atoms with Gasteiger partial charge in [-0.15, -0.1) is 0 Å². The standard InChI is InChI=1S/C18H20O5/c1-21-16-7-2-3-8-17(16)23-12-11-22-15-6-4-5-14(13-15)9-10-18(19)20/h2-8,13H,9-12H2,1H3,(H,19,20). The molecule has 0 atom stereocenters. The Bertz CT molecular complexity index is 639. The Hall–Kier alpha value is -2.69. The number of ether oxygens (including phenoxy) is 3. The van der Waals surface area contributed by atoms with E-state index in [0.29, 0.717) is 36.9 Å². The SMILES string of the molecule is COc1ccccc1OCCOc1cccc(CCC(=O)O)c1. The van der Waals surface area contributed by atoms with Crippen molar-refractivity contribution in [2.24, 2.45) is 0 Å². The smallest absolute Gasteiger partial charge is 0.303 e. The Morgan fingerprint density at radius 1 is 1.00 bits per heavy atom. The molecule has 0 spiro atoms. The van der Waals surface area contributed by atoms with Crippen molar-refractivity contribution < 1.29 is 24.1 Å². The molecule has 0 radical (unpaired) electrons. The molecule has 5 nitrogen and oxygen atoms in total. The van der Waals surface area contributed by atoms with Crippen LogP contribution in [0.15, 0.2) is 48.5 Å². The molecule has 0 bridgehead atoms. The van der Waals surface area contributed by atoms with Crippen molar-refractivity contribution in [2.75, 3.05) is 20.3 Å². The summed E-state index contributed by atoms with van der Waals surface area (Å²) in [5.74, 6) is 1.26. The molecule has 0 aromatic heterocycles. The fourth-order valence-corrected chi connectivity index (χ4v) is 2.09. The zero-order chi connectivity index (χ0) is 16.5. The van der Waals surface area contributed by atoms with Gasteiger partial charge < -0.3 is 19.3 Å². The van der Waals surface area contributed by atoms with E-state index in [4.69, 9.17) is 19.3 Å². The van der Waals surface area contributed by atoms with Gasteiger partial charge in [0.05, 0.1) is 7.11 Å². The summed E-state index contributed by atoms with van der Waals surface area (Å²) >= 11 is 0. The molecule has 1 N–H and O–H groups in total. The third-order valence-corrected chi connectivity index (χ3v) is 3.20. The van der Waals surface area contributed by atoms with Gasteiger partial charge in [-0.25, -0.2) is 0 Å². The number of aryl methyl sites for hydroxylation is 1. The van der Waals surface area contributed by atoms with Gasteiger partial charge in [0.15, 0.2) is 11.5 Å². The fraction of sp³-hybridized carbons (Fsp3) is 0.278. The van der Waals surface area contributed by atoms with Crippen molar-refractivity contribution in [1.29, 1.82) is 0 Å². The highest BCUT2D eigenvalue weighted by Gasteiger charge is 2.03. The number of carboxylic acids is 1. The van der Waals surface area contributed by atoms with E-state index < -0.39 is 5.97 Å². The van der Waals surface area contributed by atoms with E-state index in [-0.39, 0.29) is 6.42 Å². The van der Waals surface area contributed by atoms with Crippen molar-refractivity contribution in [2.45, 2.75) is 12.8 Å². The van der Waals surface area contributed by atoms with Gasteiger partial charge in [-0.1, -0.05) is 24.3 Å². The summed E-state index contributed by atoms with van der Waals surface area (Å²) in [5.41, 5.74) is 0.940. The lowest BCUT2D eigenvalue weighted by atomic mass is 10.1. The highest BCUT2D eigenvalue weighted by molar-refractivity contribution is 5.67. The van der Waals surface area contributed by atoms with E-state index in [1.165, 1.54) is 0 Å². The van der Waals surface area contributed by atoms with Crippen molar-refractivity contribution in [3.8, 4) is 17.2 Å². The van der Waals surface area contributed by atoms with Gasteiger partial charge in [-0.2, -0.15) is 0 Å². The predicted octanol–water partition coefficient (Wildman–Crippen LogP) is 3.17. The van der Waals surface area contributed by atoms with E-state index in [9.17, 15) is 4.79 Å². The summed E-state index contributed by atoms with van der Waals surface area (Å²) in [6.45, 7) is 0.778. The topological polar surface area (TPSA) is 65.0 Å². The van der Waals surface area contributed by atoms with Crippen LogP contribution in [0.25, 0.3) is 0 Å². The lowest BCUT2D eigenvalue weighted by Crippen LogP contribution is -2.09. The second-order valence-corrected chi connectivity index (χ2v) is 4.89. The van der Waals surface area contributed by atoms with E-state index in [2.05, 4.69) is 0 Å². The lowest BCUT2D eigenvalue weighted by Gasteiger charge is -2.11. The van der Waals surface area contributed by atoms with Crippen molar-refractivity contribution in [3.05, 3.63) is 54.1 Å². The van der Waals surface area contributed by atoms with Gasteiger partial charge in [0, 0.05) is 6.42 Å². The Morgan fingerprint density at radius 3 is 2.48 bits per heavy atom. The van der Waals surface area contributed by atoms with E-state index in [1.54, 1.807) is 7.11 Å². The lowest BCUT2D eigenvalue weighted by molar-refractivity contribution is -0.136. The Labute approximate surface area is 135 Å². The average molecular weight is 316 g/mol. The molecule has 2 aromatic carbocycles. The maximum absolute atomic E-state index is 10.6. The number of carboxylic acid groups (broad SMARTS) is 1. The molecular formula is C18H20O5. The van der Waals surface area contributed by atoms with Gasteiger partial charge in [0.2, 0.25) is 0 Å². The molecule has 0 fully saturated rings. The number of carbonyl (C=O) groups is 1. The van der Waals surface area contributed by atoms with E-state index >= 15 is 0 Å². The largest absolute Gasteiger partial charge is 0.493 e. The van der Waals surface area contributed by atoms with Crippen LogP contribution >= 0.6 is 0 Å². The van der Waals surface area contributed by atoms with Gasteiger partial charge >= 0.3 is 5.97 Å². The highest BCUT2D eigenvalue weighted by atomic mass is 16.5. The quantitative estimate of drug-likeness (QED) is 0.720. The molecule has 0 saturated heterocycles. The molecule has 122 valence electrons. The summed E-state index contributed by atoms with van der Waals surface area (Å²) < 4.78 is 16.5.